The molecular weight excluding hydrogens is 642 g/mol. The molecule has 0 unspecified atom stereocenters. The molecule has 11 heteroatoms. The van der Waals surface area contributed by atoms with Gasteiger partial charge in [-0.25, -0.2) is 34.8 Å². The number of alkyl halides is 2. The summed E-state index contributed by atoms with van der Waals surface area (Å²) >= 11 is 0. The van der Waals surface area contributed by atoms with Crippen molar-refractivity contribution in [2.75, 3.05) is 0 Å². The van der Waals surface area contributed by atoms with Gasteiger partial charge in [0, 0.05) is 44.3 Å². The van der Waals surface area contributed by atoms with Crippen molar-refractivity contribution >= 4 is 32.4 Å². The molecule has 0 N–H and O–H groups in total. The maximum absolute atomic E-state index is 15.3. The number of fused-ring (bicyclic) bond motifs is 1. The summed E-state index contributed by atoms with van der Waals surface area (Å²) in [7, 11) is -4.65. The Labute approximate surface area is 272 Å². The molecule has 6 aromatic rings. The zero-order valence-electron chi connectivity index (χ0n) is 24.9. The second-order valence-corrected chi connectivity index (χ2v) is 12.6. The minimum Gasteiger partial charge on any atom is -0.295 e. The normalized spacial score (nSPS) is 11.4. The topological polar surface area (TPSA) is 84.3 Å². The minimum absolute atomic E-state index is 0.00812. The second kappa shape index (κ2) is 12.3. The number of Topliss-reactive ketones (excluding diaryl/α,β-unsaturated/α-hetero) is 1. The molecule has 0 radical (unpaired) electrons. The number of nitriles is 1. The Balaban J connectivity index is 1.76. The van der Waals surface area contributed by atoms with Gasteiger partial charge in [0.2, 0.25) is 0 Å². The molecular formula is C37H21F4N3O3S. The van der Waals surface area contributed by atoms with E-state index in [1.807, 2.05) is 6.07 Å². The molecule has 0 aliphatic carbocycles. The number of nitrogens with zero attached hydrogens (tertiary/aromatic N) is 3. The molecule has 0 atom stereocenters. The molecule has 0 aliphatic heterocycles. The summed E-state index contributed by atoms with van der Waals surface area (Å²) in [5.41, 5.74) is 0.321. The number of halogens is 4. The maximum atomic E-state index is 15.3. The Kier molecular flexibility index (Phi) is 8.17. The van der Waals surface area contributed by atoms with Crippen LogP contribution in [0.4, 0.5) is 23.2 Å². The Bertz CT molecular complexity index is 2440. The number of hydrogen-bond donors (Lipinski definition) is 0. The van der Waals surface area contributed by atoms with Gasteiger partial charge in [-0.3, -0.25) is 4.79 Å². The highest BCUT2D eigenvalue weighted by Gasteiger charge is 2.31. The molecule has 0 bridgehead atoms. The third-order valence-corrected chi connectivity index (χ3v) is 9.64. The van der Waals surface area contributed by atoms with Crippen molar-refractivity contribution in [3.63, 3.8) is 0 Å². The van der Waals surface area contributed by atoms with Gasteiger partial charge in [0.25, 0.3) is 16.4 Å². The summed E-state index contributed by atoms with van der Waals surface area (Å²) in [6.45, 7) is 9.16. The lowest BCUT2D eigenvalue weighted by Gasteiger charge is -2.16. The van der Waals surface area contributed by atoms with E-state index < -0.39 is 33.6 Å². The quantitative estimate of drug-likeness (QED) is 0.0967. The van der Waals surface area contributed by atoms with Crippen molar-refractivity contribution in [2.45, 2.75) is 18.2 Å². The monoisotopic (exact) mass is 663 g/mol. The SMILES string of the molecule is [C-]#[N+]c1cccc(C#N)c1-c1c(-c2cccc(-c3ccc(C(C)=O)cc3F)c2)n(S(=O)(=O)c2ccc(C(F)F)cc2)c2ccc(F)cc12. The molecule has 0 fully saturated rings. The maximum Gasteiger partial charge on any atom is 0.268 e. The average molecular weight is 664 g/mol. The fraction of sp³-hybridized carbons (Fsp3) is 0.0541. The Hall–Kier alpha value is -6.04. The van der Waals surface area contributed by atoms with Crippen LogP contribution in [0.3, 0.4) is 0 Å². The van der Waals surface area contributed by atoms with Gasteiger partial charge in [-0.15, -0.1) is 0 Å². The highest BCUT2D eigenvalue weighted by Crippen LogP contribution is 2.48. The number of rotatable bonds is 7. The van der Waals surface area contributed by atoms with Crippen molar-refractivity contribution in [1.82, 2.24) is 3.97 Å². The number of hydrogen-bond acceptors (Lipinski definition) is 4. The van der Waals surface area contributed by atoms with E-state index in [9.17, 15) is 31.6 Å². The molecule has 1 heterocycles. The second-order valence-electron chi connectivity index (χ2n) is 10.8. The van der Waals surface area contributed by atoms with E-state index in [1.165, 1.54) is 55.5 Å². The van der Waals surface area contributed by atoms with E-state index in [2.05, 4.69) is 4.85 Å². The smallest absolute Gasteiger partial charge is 0.268 e. The molecule has 5 aromatic carbocycles. The molecule has 6 rings (SSSR count). The van der Waals surface area contributed by atoms with Crippen molar-refractivity contribution in [1.29, 1.82) is 5.26 Å². The van der Waals surface area contributed by atoms with Gasteiger partial charge in [0.1, 0.15) is 11.6 Å². The largest absolute Gasteiger partial charge is 0.295 e. The van der Waals surface area contributed by atoms with Gasteiger partial charge in [0.15, 0.2) is 11.5 Å². The van der Waals surface area contributed by atoms with Gasteiger partial charge in [-0.05, 0) is 61.0 Å². The van der Waals surface area contributed by atoms with Crippen LogP contribution in [0.25, 0.3) is 49.3 Å². The predicted molar refractivity (Wildman–Crippen MR) is 173 cm³/mol. The Morgan fingerprint density at radius 2 is 1.58 bits per heavy atom. The lowest BCUT2D eigenvalue weighted by Crippen LogP contribution is -2.14. The summed E-state index contributed by atoms with van der Waals surface area (Å²) in [5, 5.41) is 10.2. The molecule has 0 amide bonds. The van der Waals surface area contributed by atoms with Gasteiger partial charge >= 0.3 is 0 Å². The molecule has 236 valence electrons. The first-order valence-corrected chi connectivity index (χ1v) is 15.7. The molecule has 0 saturated heterocycles. The molecule has 0 saturated carbocycles. The van der Waals surface area contributed by atoms with Crippen LogP contribution in [-0.4, -0.2) is 18.2 Å². The van der Waals surface area contributed by atoms with E-state index in [4.69, 9.17) is 6.57 Å². The number of carbonyl (C=O) groups excluding carboxylic acids is 1. The van der Waals surface area contributed by atoms with Gasteiger partial charge < -0.3 is 0 Å². The van der Waals surface area contributed by atoms with Crippen LogP contribution in [0.5, 0.6) is 0 Å². The molecule has 0 aliphatic rings. The van der Waals surface area contributed by atoms with Crippen LogP contribution >= 0.6 is 0 Å². The molecule has 1 aromatic heterocycles. The van der Waals surface area contributed by atoms with Crippen molar-refractivity contribution in [2.24, 2.45) is 0 Å². The van der Waals surface area contributed by atoms with E-state index in [0.717, 1.165) is 46.4 Å². The number of benzene rings is 5. The Morgan fingerprint density at radius 3 is 2.23 bits per heavy atom. The van der Waals surface area contributed by atoms with E-state index in [0.29, 0.717) is 5.56 Å². The third-order valence-electron chi connectivity index (χ3n) is 7.91. The molecule has 48 heavy (non-hydrogen) atoms. The summed E-state index contributed by atoms with van der Waals surface area (Å²) in [6, 6.07) is 23.9. The standard InChI is InChI=1S/C37H21F4N3O3S/c1-21(45)23-11-15-29(31(39)18-23)24-5-3-6-25(17-24)36-35(34-26(20-42)7-4-8-32(34)43-2)30-19-27(38)12-16-33(30)44(36)48(46,47)28-13-9-22(10-14-28)37(40)41/h3-19,37H,1H3. The Morgan fingerprint density at radius 1 is 0.875 bits per heavy atom. The van der Waals surface area contributed by atoms with E-state index in [1.54, 1.807) is 12.1 Å². The number of ketones is 1. The van der Waals surface area contributed by atoms with Gasteiger partial charge in [-0.2, -0.15) is 5.26 Å². The van der Waals surface area contributed by atoms with Crippen LogP contribution in [0.1, 0.15) is 34.8 Å². The number of aromatic nitrogens is 1. The molecule has 0 spiro atoms. The highest BCUT2D eigenvalue weighted by molar-refractivity contribution is 7.90. The van der Waals surface area contributed by atoms with Crippen LogP contribution in [0.15, 0.2) is 108 Å². The lowest BCUT2D eigenvalue weighted by atomic mass is 9.92. The summed E-state index contributed by atoms with van der Waals surface area (Å²) < 4.78 is 87.1. The summed E-state index contributed by atoms with van der Waals surface area (Å²) in [5.74, 6) is -1.78. The lowest BCUT2D eigenvalue weighted by molar-refractivity contribution is 0.101. The van der Waals surface area contributed by atoms with Crippen LogP contribution in [0, 0.1) is 29.5 Å². The van der Waals surface area contributed by atoms with E-state index >= 15 is 4.39 Å². The first-order valence-electron chi connectivity index (χ1n) is 14.3. The van der Waals surface area contributed by atoms with Crippen molar-refractivity contribution in [3.05, 3.63) is 143 Å². The van der Waals surface area contributed by atoms with Crippen molar-refractivity contribution < 1.29 is 30.8 Å². The van der Waals surface area contributed by atoms with Crippen LogP contribution in [-0.2, 0) is 10.0 Å². The number of carbonyl (C=O) groups is 1. The third kappa shape index (κ3) is 5.40. The van der Waals surface area contributed by atoms with Gasteiger partial charge in [-0.1, -0.05) is 54.6 Å². The predicted octanol–water partition coefficient (Wildman–Crippen LogP) is 9.72. The fourth-order valence-electron chi connectivity index (χ4n) is 5.68. The van der Waals surface area contributed by atoms with Gasteiger partial charge in [0.05, 0.1) is 28.7 Å². The average Bonchev–Trinajstić information content (AvgIpc) is 3.42. The fourth-order valence-corrected chi connectivity index (χ4v) is 7.23. The minimum atomic E-state index is -4.65. The first kappa shape index (κ1) is 31.9. The van der Waals surface area contributed by atoms with Crippen molar-refractivity contribution in [3.8, 4) is 39.6 Å². The first-order chi connectivity index (χ1) is 23.0. The van der Waals surface area contributed by atoms with Crippen LogP contribution < -0.4 is 0 Å². The highest BCUT2D eigenvalue weighted by atomic mass is 32.2. The summed E-state index contributed by atoms with van der Waals surface area (Å²) in [6.07, 6.45) is -2.85. The zero-order chi connectivity index (χ0) is 34.3. The molecule has 6 nitrogen and oxygen atoms in total. The zero-order valence-corrected chi connectivity index (χ0v) is 25.7. The van der Waals surface area contributed by atoms with E-state index in [-0.39, 0.29) is 66.3 Å². The van der Waals surface area contributed by atoms with Crippen LogP contribution in [0.2, 0.25) is 0 Å². The summed E-state index contributed by atoms with van der Waals surface area (Å²) in [4.78, 5) is 15.1.